The zero-order chi connectivity index (χ0) is 10.6. The second-order valence-electron chi connectivity index (χ2n) is 2.78. The lowest BCUT2D eigenvalue weighted by molar-refractivity contribution is -0.146. The fourth-order valence-corrected chi connectivity index (χ4v) is 0.998. The first kappa shape index (κ1) is 10.2. The van der Waals surface area contributed by atoms with E-state index >= 15 is 0 Å². The standard InChI is InChI=1S/C10H11NO3/c1-2-11-6-5-8(7-11)3-4-9(12)10(13)14/h3-7H,2H2,1H3,(H,13,14)/b4-3+. The third-order valence-corrected chi connectivity index (χ3v) is 1.78. The number of carboxylic acids is 1. The SMILES string of the molecule is CCn1ccc(/C=C/C(=O)C(=O)O)c1. The summed E-state index contributed by atoms with van der Waals surface area (Å²) in [5, 5.41) is 8.31. The smallest absolute Gasteiger partial charge is 0.376 e. The van der Waals surface area contributed by atoms with Crippen LogP contribution in [0, 0.1) is 0 Å². The van der Waals surface area contributed by atoms with Crippen LogP contribution in [0.4, 0.5) is 0 Å². The molecule has 0 aliphatic heterocycles. The molecular formula is C10H11NO3. The fourth-order valence-electron chi connectivity index (χ4n) is 0.998. The van der Waals surface area contributed by atoms with Crippen LogP contribution in [0.15, 0.2) is 24.5 Å². The van der Waals surface area contributed by atoms with Crippen LogP contribution in [0.1, 0.15) is 12.5 Å². The molecule has 0 fully saturated rings. The molecule has 0 aliphatic carbocycles. The molecule has 0 aliphatic rings. The summed E-state index contributed by atoms with van der Waals surface area (Å²) in [7, 11) is 0. The molecule has 0 bridgehead atoms. The van der Waals surface area contributed by atoms with E-state index in [2.05, 4.69) is 0 Å². The highest BCUT2D eigenvalue weighted by molar-refractivity contribution is 6.38. The number of hydrogen-bond donors (Lipinski definition) is 1. The van der Waals surface area contributed by atoms with Gasteiger partial charge in [-0.05, 0) is 30.7 Å². The van der Waals surface area contributed by atoms with E-state index in [9.17, 15) is 9.59 Å². The first-order chi connectivity index (χ1) is 6.63. The summed E-state index contributed by atoms with van der Waals surface area (Å²) >= 11 is 0. The van der Waals surface area contributed by atoms with E-state index < -0.39 is 11.8 Å². The minimum Gasteiger partial charge on any atom is -0.475 e. The van der Waals surface area contributed by atoms with Crippen molar-refractivity contribution in [1.82, 2.24) is 4.57 Å². The Hall–Kier alpha value is -1.84. The zero-order valence-corrected chi connectivity index (χ0v) is 7.80. The van der Waals surface area contributed by atoms with E-state index in [4.69, 9.17) is 5.11 Å². The normalized spacial score (nSPS) is 10.6. The number of ketones is 1. The van der Waals surface area contributed by atoms with Gasteiger partial charge in [0.25, 0.3) is 5.78 Å². The number of carbonyl (C=O) groups excluding carboxylic acids is 1. The van der Waals surface area contributed by atoms with Gasteiger partial charge in [0.05, 0.1) is 0 Å². The van der Waals surface area contributed by atoms with Gasteiger partial charge in [-0.2, -0.15) is 0 Å². The molecule has 4 nitrogen and oxygen atoms in total. The number of carboxylic acid groups (broad SMARTS) is 1. The van der Waals surface area contributed by atoms with E-state index in [1.165, 1.54) is 6.08 Å². The second kappa shape index (κ2) is 4.41. The first-order valence-electron chi connectivity index (χ1n) is 4.24. The molecule has 0 aromatic carbocycles. The lowest BCUT2D eigenvalue weighted by Crippen LogP contribution is -2.08. The van der Waals surface area contributed by atoms with Crippen LogP contribution < -0.4 is 0 Å². The Morgan fingerprint density at radius 2 is 2.29 bits per heavy atom. The van der Waals surface area contributed by atoms with Gasteiger partial charge >= 0.3 is 5.97 Å². The molecule has 0 spiro atoms. The summed E-state index contributed by atoms with van der Waals surface area (Å²) in [6.07, 6.45) is 6.25. The van der Waals surface area contributed by atoms with E-state index in [0.717, 1.165) is 18.2 Å². The summed E-state index contributed by atoms with van der Waals surface area (Å²) in [6, 6.07) is 1.81. The molecule has 0 radical (unpaired) electrons. The Kier molecular flexibility index (Phi) is 3.23. The van der Waals surface area contributed by atoms with Gasteiger partial charge in [0.15, 0.2) is 0 Å². The van der Waals surface area contributed by atoms with E-state index in [-0.39, 0.29) is 0 Å². The van der Waals surface area contributed by atoms with E-state index in [1.807, 2.05) is 30.0 Å². The molecule has 1 rings (SSSR count). The van der Waals surface area contributed by atoms with Crippen molar-refractivity contribution in [1.29, 1.82) is 0 Å². The summed E-state index contributed by atoms with van der Waals surface area (Å²) in [5.74, 6) is -2.34. The summed E-state index contributed by atoms with van der Waals surface area (Å²) in [6.45, 7) is 2.84. The average Bonchev–Trinajstić information content (AvgIpc) is 2.61. The number of carbonyl (C=O) groups is 2. The van der Waals surface area contributed by atoms with Crippen molar-refractivity contribution in [2.45, 2.75) is 13.5 Å². The number of hydrogen-bond acceptors (Lipinski definition) is 2. The monoisotopic (exact) mass is 193 g/mol. The van der Waals surface area contributed by atoms with E-state index in [1.54, 1.807) is 0 Å². The molecule has 1 heterocycles. The number of aliphatic carboxylic acids is 1. The predicted molar refractivity (Wildman–Crippen MR) is 51.8 cm³/mol. The molecule has 0 unspecified atom stereocenters. The molecule has 1 N–H and O–H groups in total. The first-order valence-corrected chi connectivity index (χ1v) is 4.24. The van der Waals surface area contributed by atoms with Crippen molar-refractivity contribution in [3.63, 3.8) is 0 Å². The van der Waals surface area contributed by atoms with Crippen LogP contribution in [0.2, 0.25) is 0 Å². The number of rotatable bonds is 4. The Labute approximate surface area is 81.5 Å². The summed E-state index contributed by atoms with van der Waals surface area (Å²) in [4.78, 5) is 20.9. The van der Waals surface area contributed by atoms with Crippen molar-refractivity contribution < 1.29 is 14.7 Å². The van der Waals surface area contributed by atoms with Gasteiger partial charge in [0.2, 0.25) is 0 Å². The zero-order valence-electron chi connectivity index (χ0n) is 7.80. The van der Waals surface area contributed by atoms with Gasteiger partial charge < -0.3 is 9.67 Å². The summed E-state index contributed by atoms with van der Waals surface area (Å²) in [5.41, 5.74) is 0.821. The predicted octanol–water partition coefficient (Wildman–Crippen LogP) is 1.17. The van der Waals surface area contributed by atoms with Crippen LogP contribution in [0.25, 0.3) is 6.08 Å². The van der Waals surface area contributed by atoms with Gasteiger partial charge in [-0.15, -0.1) is 0 Å². The minimum absolute atomic E-state index is 0.821. The number of aryl methyl sites for hydroxylation is 1. The molecular weight excluding hydrogens is 182 g/mol. The topological polar surface area (TPSA) is 59.3 Å². The van der Waals surface area contributed by atoms with Gasteiger partial charge in [-0.1, -0.05) is 0 Å². The number of aromatic nitrogens is 1. The highest BCUT2D eigenvalue weighted by Gasteiger charge is 2.05. The number of nitrogens with zero attached hydrogens (tertiary/aromatic N) is 1. The van der Waals surface area contributed by atoms with Crippen molar-refractivity contribution in [3.05, 3.63) is 30.1 Å². The molecule has 1 aromatic heterocycles. The maximum Gasteiger partial charge on any atom is 0.376 e. The molecule has 0 amide bonds. The maximum absolute atomic E-state index is 10.7. The van der Waals surface area contributed by atoms with Crippen molar-refractivity contribution in [2.75, 3.05) is 0 Å². The summed E-state index contributed by atoms with van der Waals surface area (Å²) < 4.78 is 1.94. The maximum atomic E-state index is 10.7. The van der Waals surface area contributed by atoms with E-state index in [0.29, 0.717) is 0 Å². The van der Waals surface area contributed by atoms with Crippen LogP contribution in [-0.2, 0) is 16.1 Å². The van der Waals surface area contributed by atoms with Crippen LogP contribution in [-0.4, -0.2) is 21.4 Å². The molecule has 1 aromatic rings. The third kappa shape index (κ3) is 2.58. The largest absolute Gasteiger partial charge is 0.475 e. The Bertz CT molecular complexity index is 376. The highest BCUT2D eigenvalue weighted by atomic mass is 16.4. The lowest BCUT2D eigenvalue weighted by atomic mass is 10.2. The van der Waals surface area contributed by atoms with Crippen LogP contribution in [0.5, 0.6) is 0 Å². The molecule has 0 saturated carbocycles. The second-order valence-corrected chi connectivity index (χ2v) is 2.78. The average molecular weight is 193 g/mol. The van der Waals surface area contributed by atoms with Gasteiger partial charge in [0.1, 0.15) is 0 Å². The lowest BCUT2D eigenvalue weighted by Gasteiger charge is -1.91. The molecule has 0 saturated heterocycles. The molecule has 0 atom stereocenters. The molecule has 74 valence electrons. The van der Waals surface area contributed by atoms with Crippen molar-refractivity contribution in [2.24, 2.45) is 0 Å². The minimum atomic E-state index is -1.43. The van der Waals surface area contributed by atoms with Gasteiger partial charge in [-0.25, -0.2) is 4.79 Å². The molecule has 14 heavy (non-hydrogen) atoms. The quantitative estimate of drug-likeness (QED) is 0.577. The fraction of sp³-hybridized carbons (Fsp3) is 0.200. The Morgan fingerprint density at radius 3 is 2.79 bits per heavy atom. The van der Waals surface area contributed by atoms with Crippen molar-refractivity contribution in [3.8, 4) is 0 Å². The Morgan fingerprint density at radius 1 is 1.57 bits per heavy atom. The van der Waals surface area contributed by atoms with Crippen LogP contribution >= 0.6 is 0 Å². The van der Waals surface area contributed by atoms with Crippen LogP contribution in [0.3, 0.4) is 0 Å². The van der Waals surface area contributed by atoms with Crippen molar-refractivity contribution >= 4 is 17.8 Å². The molecule has 4 heteroatoms. The Balaban J connectivity index is 2.68. The van der Waals surface area contributed by atoms with Gasteiger partial charge in [-0.3, -0.25) is 4.79 Å². The highest BCUT2D eigenvalue weighted by Crippen LogP contribution is 2.03. The van der Waals surface area contributed by atoms with Gasteiger partial charge in [0, 0.05) is 18.9 Å². The third-order valence-electron chi connectivity index (χ3n) is 1.78.